The van der Waals surface area contributed by atoms with Crippen molar-refractivity contribution in [2.24, 2.45) is 5.73 Å². The molecule has 0 aromatic heterocycles. The first-order valence-electron chi connectivity index (χ1n) is 4.94. The Hall–Kier alpha value is -0.820. The molecular formula is C12H19N. The van der Waals surface area contributed by atoms with E-state index in [1.54, 1.807) is 0 Å². The molecule has 0 bridgehead atoms. The first kappa shape index (κ1) is 10.3. The van der Waals surface area contributed by atoms with E-state index in [9.17, 15) is 0 Å². The van der Waals surface area contributed by atoms with Gasteiger partial charge in [0, 0.05) is 0 Å². The van der Waals surface area contributed by atoms with Gasteiger partial charge in [0.1, 0.15) is 0 Å². The van der Waals surface area contributed by atoms with Gasteiger partial charge >= 0.3 is 0 Å². The van der Waals surface area contributed by atoms with Crippen LogP contribution in [0.25, 0.3) is 0 Å². The Morgan fingerprint density at radius 2 is 2.00 bits per heavy atom. The quantitative estimate of drug-likeness (QED) is 0.754. The molecule has 1 aromatic carbocycles. The van der Waals surface area contributed by atoms with Crippen molar-refractivity contribution in [1.82, 2.24) is 0 Å². The summed E-state index contributed by atoms with van der Waals surface area (Å²) in [6.07, 6.45) is 0.995. The second kappa shape index (κ2) is 4.43. The molecule has 0 heterocycles. The predicted molar refractivity (Wildman–Crippen MR) is 58.0 cm³/mol. The number of nitrogens with two attached hydrogens (primary N) is 1. The molecule has 13 heavy (non-hydrogen) atoms. The molecule has 0 spiro atoms. The predicted octanol–water partition coefficient (Wildman–Crippen LogP) is 2.62. The highest BCUT2D eigenvalue weighted by atomic mass is 14.5. The minimum atomic E-state index is 0.599. The first-order valence-corrected chi connectivity index (χ1v) is 4.94. The topological polar surface area (TPSA) is 26.0 Å². The monoisotopic (exact) mass is 177 g/mol. The lowest BCUT2D eigenvalue weighted by Crippen LogP contribution is -2.06. The molecule has 0 amide bonds. The SMILES string of the molecule is Cc1ccc(C(C)C)c(CCN)c1. The van der Waals surface area contributed by atoms with Crippen LogP contribution in [0, 0.1) is 6.92 Å². The van der Waals surface area contributed by atoms with Gasteiger partial charge in [0.05, 0.1) is 0 Å². The fourth-order valence-electron chi connectivity index (χ4n) is 1.67. The van der Waals surface area contributed by atoms with Crippen molar-refractivity contribution in [2.45, 2.75) is 33.1 Å². The molecule has 0 aliphatic heterocycles. The summed E-state index contributed by atoms with van der Waals surface area (Å²) in [5.74, 6) is 0.599. The van der Waals surface area contributed by atoms with Crippen molar-refractivity contribution in [1.29, 1.82) is 0 Å². The van der Waals surface area contributed by atoms with Crippen LogP contribution in [0.15, 0.2) is 18.2 Å². The Kier molecular flexibility index (Phi) is 3.49. The van der Waals surface area contributed by atoms with Crippen LogP contribution in [0.1, 0.15) is 36.5 Å². The minimum Gasteiger partial charge on any atom is -0.330 e. The molecule has 0 saturated carbocycles. The standard InChI is InChI=1S/C12H19N/c1-9(2)12-5-4-10(3)8-11(12)6-7-13/h4-5,8-9H,6-7,13H2,1-3H3. The highest BCUT2D eigenvalue weighted by Crippen LogP contribution is 2.20. The van der Waals surface area contributed by atoms with E-state index in [0.29, 0.717) is 5.92 Å². The molecule has 1 nitrogen and oxygen atoms in total. The maximum Gasteiger partial charge on any atom is -0.00366 e. The van der Waals surface area contributed by atoms with Gasteiger partial charge in [-0.3, -0.25) is 0 Å². The van der Waals surface area contributed by atoms with Gasteiger partial charge in [-0.25, -0.2) is 0 Å². The van der Waals surface area contributed by atoms with Crippen molar-refractivity contribution >= 4 is 0 Å². The summed E-state index contributed by atoms with van der Waals surface area (Å²) >= 11 is 0. The molecule has 1 heteroatoms. The molecule has 0 aliphatic carbocycles. The number of hydrogen-bond acceptors (Lipinski definition) is 1. The van der Waals surface area contributed by atoms with E-state index in [1.165, 1.54) is 16.7 Å². The van der Waals surface area contributed by atoms with Crippen molar-refractivity contribution in [3.05, 3.63) is 34.9 Å². The molecule has 0 aliphatic rings. The van der Waals surface area contributed by atoms with Gasteiger partial charge in [-0.1, -0.05) is 37.6 Å². The molecule has 1 aromatic rings. The zero-order valence-corrected chi connectivity index (χ0v) is 8.80. The van der Waals surface area contributed by atoms with Gasteiger partial charge in [0.2, 0.25) is 0 Å². The second-order valence-electron chi connectivity index (χ2n) is 3.90. The fraction of sp³-hybridized carbons (Fsp3) is 0.500. The van der Waals surface area contributed by atoms with Gasteiger partial charge in [-0.05, 0) is 36.9 Å². The number of aryl methyl sites for hydroxylation is 1. The third kappa shape index (κ3) is 2.56. The van der Waals surface area contributed by atoms with E-state index >= 15 is 0 Å². The minimum absolute atomic E-state index is 0.599. The lowest BCUT2D eigenvalue weighted by Gasteiger charge is -2.12. The van der Waals surface area contributed by atoms with Crippen LogP contribution in [0.3, 0.4) is 0 Å². The van der Waals surface area contributed by atoms with Crippen molar-refractivity contribution in [3.8, 4) is 0 Å². The van der Waals surface area contributed by atoms with Crippen LogP contribution >= 0.6 is 0 Å². The number of rotatable bonds is 3. The van der Waals surface area contributed by atoms with E-state index in [1.807, 2.05) is 0 Å². The third-order valence-corrected chi connectivity index (χ3v) is 2.33. The Morgan fingerprint density at radius 1 is 1.31 bits per heavy atom. The molecule has 0 saturated heterocycles. The van der Waals surface area contributed by atoms with Crippen LogP contribution in [0.5, 0.6) is 0 Å². The summed E-state index contributed by atoms with van der Waals surface area (Å²) in [5.41, 5.74) is 9.76. The fourth-order valence-corrected chi connectivity index (χ4v) is 1.67. The second-order valence-corrected chi connectivity index (χ2v) is 3.90. The Balaban J connectivity index is 3.03. The molecule has 0 atom stereocenters. The zero-order chi connectivity index (χ0) is 9.84. The summed E-state index contributed by atoms with van der Waals surface area (Å²) in [6.45, 7) is 7.32. The molecule has 72 valence electrons. The molecule has 1 rings (SSSR count). The van der Waals surface area contributed by atoms with E-state index in [2.05, 4.69) is 39.0 Å². The highest BCUT2D eigenvalue weighted by Gasteiger charge is 2.05. The van der Waals surface area contributed by atoms with Crippen LogP contribution < -0.4 is 5.73 Å². The number of benzene rings is 1. The molecule has 2 N–H and O–H groups in total. The molecule has 0 radical (unpaired) electrons. The smallest absolute Gasteiger partial charge is 0.00366 e. The van der Waals surface area contributed by atoms with Crippen LogP contribution in [-0.2, 0) is 6.42 Å². The summed E-state index contributed by atoms with van der Waals surface area (Å²) in [5, 5.41) is 0. The van der Waals surface area contributed by atoms with E-state index in [0.717, 1.165) is 13.0 Å². The zero-order valence-electron chi connectivity index (χ0n) is 8.80. The van der Waals surface area contributed by atoms with Gasteiger partial charge in [0.25, 0.3) is 0 Å². The van der Waals surface area contributed by atoms with Gasteiger partial charge in [-0.2, -0.15) is 0 Å². The maximum atomic E-state index is 5.58. The van der Waals surface area contributed by atoms with E-state index < -0.39 is 0 Å². The van der Waals surface area contributed by atoms with Gasteiger partial charge in [0.15, 0.2) is 0 Å². The van der Waals surface area contributed by atoms with Crippen LogP contribution in [0.2, 0.25) is 0 Å². The first-order chi connectivity index (χ1) is 6.15. The largest absolute Gasteiger partial charge is 0.330 e. The summed E-state index contributed by atoms with van der Waals surface area (Å²) in [6, 6.07) is 6.66. The molecule has 0 unspecified atom stereocenters. The molecule has 0 fully saturated rings. The normalized spacial score (nSPS) is 10.8. The van der Waals surface area contributed by atoms with E-state index in [-0.39, 0.29) is 0 Å². The highest BCUT2D eigenvalue weighted by molar-refractivity contribution is 5.33. The lowest BCUT2D eigenvalue weighted by molar-refractivity contribution is 0.830. The van der Waals surface area contributed by atoms with Crippen LogP contribution in [0.4, 0.5) is 0 Å². The number of hydrogen-bond donors (Lipinski definition) is 1. The summed E-state index contributed by atoms with van der Waals surface area (Å²) in [4.78, 5) is 0. The average Bonchev–Trinajstić information content (AvgIpc) is 2.04. The third-order valence-electron chi connectivity index (χ3n) is 2.33. The van der Waals surface area contributed by atoms with E-state index in [4.69, 9.17) is 5.73 Å². The Bertz CT molecular complexity index is 276. The molecular weight excluding hydrogens is 158 g/mol. The maximum absolute atomic E-state index is 5.58. The lowest BCUT2D eigenvalue weighted by atomic mass is 9.94. The van der Waals surface area contributed by atoms with Crippen molar-refractivity contribution < 1.29 is 0 Å². The summed E-state index contributed by atoms with van der Waals surface area (Å²) < 4.78 is 0. The van der Waals surface area contributed by atoms with Crippen LogP contribution in [-0.4, -0.2) is 6.54 Å². The Labute approximate surface area is 81.0 Å². The average molecular weight is 177 g/mol. The van der Waals surface area contributed by atoms with Crippen molar-refractivity contribution in [2.75, 3.05) is 6.54 Å². The Morgan fingerprint density at radius 3 is 2.54 bits per heavy atom. The van der Waals surface area contributed by atoms with Gasteiger partial charge in [-0.15, -0.1) is 0 Å². The summed E-state index contributed by atoms with van der Waals surface area (Å²) in [7, 11) is 0. The van der Waals surface area contributed by atoms with Crippen molar-refractivity contribution in [3.63, 3.8) is 0 Å². The van der Waals surface area contributed by atoms with Gasteiger partial charge < -0.3 is 5.73 Å².